The van der Waals surface area contributed by atoms with Crippen molar-refractivity contribution in [2.75, 3.05) is 0 Å². The molecule has 0 saturated heterocycles. The molecule has 1 aromatic heterocycles. The fraction of sp³-hybridized carbons (Fsp3) is 0.167. The monoisotopic (exact) mass is 280 g/mol. The van der Waals surface area contributed by atoms with Crippen molar-refractivity contribution < 1.29 is 4.42 Å². The van der Waals surface area contributed by atoms with E-state index in [1.54, 1.807) is 12.5 Å². The van der Waals surface area contributed by atoms with Crippen molar-refractivity contribution in [3.05, 3.63) is 58.0 Å². The fourth-order valence-corrected chi connectivity index (χ4v) is 1.92. The van der Waals surface area contributed by atoms with Gasteiger partial charge in [-0.3, -0.25) is 5.84 Å². The average molecular weight is 281 g/mol. The molecular formula is C12H13BrN2O. The van der Waals surface area contributed by atoms with E-state index in [1.165, 1.54) is 5.56 Å². The van der Waals surface area contributed by atoms with Crippen LogP contribution in [0.4, 0.5) is 0 Å². The molecule has 2 rings (SSSR count). The van der Waals surface area contributed by atoms with Gasteiger partial charge in [0, 0.05) is 10.0 Å². The van der Waals surface area contributed by atoms with Crippen molar-refractivity contribution in [2.24, 2.45) is 5.84 Å². The van der Waals surface area contributed by atoms with Gasteiger partial charge in [-0.2, -0.15) is 0 Å². The lowest BCUT2D eigenvalue weighted by Crippen LogP contribution is -2.28. The zero-order chi connectivity index (χ0) is 11.5. The van der Waals surface area contributed by atoms with Gasteiger partial charge in [0.15, 0.2) is 0 Å². The highest BCUT2D eigenvalue weighted by molar-refractivity contribution is 9.10. The van der Waals surface area contributed by atoms with Gasteiger partial charge in [-0.05, 0) is 30.2 Å². The first-order valence-electron chi connectivity index (χ1n) is 4.96. The Balaban J connectivity index is 2.37. The molecule has 0 fully saturated rings. The number of rotatable bonds is 3. The molecule has 2 aromatic rings. The molecule has 0 aliphatic rings. The summed E-state index contributed by atoms with van der Waals surface area (Å²) < 4.78 is 6.16. The fourth-order valence-electron chi connectivity index (χ4n) is 1.67. The molecular weight excluding hydrogens is 268 g/mol. The zero-order valence-electron chi connectivity index (χ0n) is 8.91. The summed E-state index contributed by atoms with van der Waals surface area (Å²) in [6.45, 7) is 2.05. The van der Waals surface area contributed by atoms with E-state index in [-0.39, 0.29) is 6.04 Å². The number of nitrogens with two attached hydrogens (primary N) is 1. The Bertz CT molecular complexity index is 468. The molecule has 0 spiro atoms. The second-order valence-electron chi connectivity index (χ2n) is 3.66. The van der Waals surface area contributed by atoms with Crippen LogP contribution < -0.4 is 11.3 Å². The summed E-state index contributed by atoms with van der Waals surface area (Å²) in [6.07, 6.45) is 3.34. The maximum absolute atomic E-state index is 5.58. The van der Waals surface area contributed by atoms with Gasteiger partial charge in [0.25, 0.3) is 0 Å². The highest BCUT2D eigenvalue weighted by Gasteiger charge is 2.13. The first kappa shape index (κ1) is 11.4. The highest BCUT2D eigenvalue weighted by Crippen LogP contribution is 2.25. The predicted octanol–water partition coefficient (Wildman–Crippen LogP) is 2.90. The maximum Gasteiger partial charge on any atom is 0.0954 e. The third-order valence-electron chi connectivity index (χ3n) is 2.56. The first-order chi connectivity index (χ1) is 7.72. The summed E-state index contributed by atoms with van der Waals surface area (Å²) in [5, 5.41) is 0. The minimum absolute atomic E-state index is 0.0365. The summed E-state index contributed by atoms with van der Waals surface area (Å²) in [6, 6.07) is 8.03. The van der Waals surface area contributed by atoms with E-state index in [0.717, 1.165) is 15.6 Å². The Kier molecular flexibility index (Phi) is 3.43. The van der Waals surface area contributed by atoms with Crippen LogP contribution >= 0.6 is 15.9 Å². The summed E-state index contributed by atoms with van der Waals surface area (Å²) in [5.74, 6) is 5.58. The highest BCUT2D eigenvalue weighted by atomic mass is 79.9. The molecule has 3 nitrogen and oxygen atoms in total. The SMILES string of the molecule is Cc1cc(C(NN)c2ccoc2)ccc1Br. The van der Waals surface area contributed by atoms with E-state index in [4.69, 9.17) is 10.3 Å². The van der Waals surface area contributed by atoms with Crippen molar-refractivity contribution in [3.63, 3.8) is 0 Å². The molecule has 1 aromatic carbocycles. The number of benzene rings is 1. The van der Waals surface area contributed by atoms with E-state index < -0.39 is 0 Å². The van der Waals surface area contributed by atoms with Gasteiger partial charge in [-0.15, -0.1) is 0 Å². The predicted molar refractivity (Wildman–Crippen MR) is 66.8 cm³/mol. The van der Waals surface area contributed by atoms with Gasteiger partial charge in [-0.25, -0.2) is 5.43 Å². The summed E-state index contributed by atoms with van der Waals surface area (Å²) in [7, 11) is 0. The molecule has 1 unspecified atom stereocenters. The molecule has 0 bridgehead atoms. The topological polar surface area (TPSA) is 51.2 Å². The minimum atomic E-state index is -0.0365. The van der Waals surface area contributed by atoms with Gasteiger partial charge in [0.1, 0.15) is 0 Å². The Morgan fingerprint density at radius 2 is 2.12 bits per heavy atom. The van der Waals surface area contributed by atoms with Gasteiger partial charge in [0.2, 0.25) is 0 Å². The Morgan fingerprint density at radius 1 is 1.31 bits per heavy atom. The lowest BCUT2D eigenvalue weighted by atomic mass is 10.0. The van der Waals surface area contributed by atoms with Crippen LogP contribution in [0, 0.1) is 6.92 Å². The summed E-state index contributed by atoms with van der Waals surface area (Å²) in [4.78, 5) is 0. The van der Waals surface area contributed by atoms with Crippen LogP contribution in [0.2, 0.25) is 0 Å². The Morgan fingerprint density at radius 3 is 2.69 bits per heavy atom. The quantitative estimate of drug-likeness (QED) is 0.672. The summed E-state index contributed by atoms with van der Waals surface area (Å²) in [5.41, 5.74) is 6.11. The molecule has 0 amide bonds. The summed E-state index contributed by atoms with van der Waals surface area (Å²) >= 11 is 3.48. The maximum atomic E-state index is 5.58. The van der Waals surface area contributed by atoms with Crippen LogP contribution in [0.1, 0.15) is 22.7 Å². The number of hydrogen-bond acceptors (Lipinski definition) is 3. The van der Waals surface area contributed by atoms with Crippen molar-refractivity contribution in [1.82, 2.24) is 5.43 Å². The number of nitrogens with one attached hydrogen (secondary N) is 1. The molecule has 4 heteroatoms. The molecule has 0 aliphatic heterocycles. The zero-order valence-corrected chi connectivity index (χ0v) is 10.5. The van der Waals surface area contributed by atoms with Crippen LogP contribution in [0.25, 0.3) is 0 Å². The van der Waals surface area contributed by atoms with Gasteiger partial charge in [-0.1, -0.05) is 28.1 Å². The number of hydrogen-bond donors (Lipinski definition) is 2. The third kappa shape index (κ3) is 2.19. The van der Waals surface area contributed by atoms with Gasteiger partial charge >= 0.3 is 0 Å². The van der Waals surface area contributed by atoms with Gasteiger partial charge in [0.05, 0.1) is 18.6 Å². The first-order valence-corrected chi connectivity index (χ1v) is 5.76. The van der Waals surface area contributed by atoms with E-state index >= 15 is 0 Å². The van der Waals surface area contributed by atoms with Crippen molar-refractivity contribution in [3.8, 4) is 0 Å². The number of hydrazine groups is 1. The third-order valence-corrected chi connectivity index (χ3v) is 3.45. The van der Waals surface area contributed by atoms with Crippen LogP contribution in [-0.4, -0.2) is 0 Å². The van der Waals surface area contributed by atoms with Crippen LogP contribution in [0.15, 0.2) is 45.7 Å². The molecule has 0 saturated carbocycles. The molecule has 1 heterocycles. The Hall–Kier alpha value is -1.10. The second kappa shape index (κ2) is 4.82. The van der Waals surface area contributed by atoms with Crippen LogP contribution in [0.3, 0.4) is 0 Å². The lowest BCUT2D eigenvalue weighted by molar-refractivity contribution is 0.553. The average Bonchev–Trinajstić information content (AvgIpc) is 2.78. The van der Waals surface area contributed by atoms with E-state index in [1.807, 2.05) is 18.2 Å². The molecule has 84 valence electrons. The second-order valence-corrected chi connectivity index (χ2v) is 4.52. The van der Waals surface area contributed by atoms with E-state index in [0.29, 0.717) is 0 Å². The standard InChI is InChI=1S/C12H13BrN2O/c1-8-6-9(2-3-11(8)13)12(15-14)10-4-5-16-7-10/h2-7,12,15H,14H2,1H3. The molecule has 3 N–H and O–H groups in total. The van der Waals surface area contributed by atoms with Crippen LogP contribution in [-0.2, 0) is 0 Å². The molecule has 16 heavy (non-hydrogen) atoms. The lowest BCUT2D eigenvalue weighted by Gasteiger charge is -2.15. The molecule has 0 radical (unpaired) electrons. The van der Waals surface area contributed by atoms with Crippen molar-refractivity contribution in [1.29, 1.82) is 0 Å². The van der Waals surface area contributed by atoms with Crippen LogP contribution in [0.5, 0.6) is 0 Å². The molecule has 1 atom stereocenters. The van der Waals surface area contributed by atoms with Gasteiger partial charge < -0.3 is 4.42 Å². The number of furan rings is 1. The minimum Gasteiger partial charge on any atom is -0.472 e. The Labute approximate surface area is 103 Å². The largest absolute Gasteiger partial charge is 0.472 e. The molecule has 0 aliphatic carbocycles. The van der Waals surface area contributed by atoms with E-state index in [9.17, 15) is 0 Å². The van der Waals surface area contributed by atoms with Crippen molar-refractivity contribution in [2.45, 2.75) is 13.0 Å². The number of halogens is 1. The van der Waals surface area contributed by atoms with Crippen molar-refractivity contribution >= 4 is 15.9 Å². The van der Waals surface area contributed by atoms with E-state index in [2.05, 4.69) is 34.3 Å². The normalized spacial score (nSPS) is 12.7. The number of aryl methyl sites for hydroxylation is 1. The smallest absolute Gasteiger partial charge is 0.0954 e.